The lowest BCUT2D eigenvalue weighted by Crippen LogP contribution is -2.38. The van der Waals surface area contributed by atoms with Crippen LogP contribution in [-0.2, 0) is 19.4 Å². The molecule has 29 heavy (non-hydrogen) atoms. The molecule has 1 heterocycles. The lowest BCUT2D eigenvalue weighted by Gasteiger charge is -2.14. The minimum absolute atomic E-state index is 0.00400. The third-order valence-electron chi connectivity index (χ3n) is 5.21. The molecule has 1 aliphatic rings. The molecule has 2 amide bonds. The molecule has 0 spiro atoms. The molecule has 2 aromatic rings. The Morgan fingerprint density at radius 1 is 1.17 bits per heavy atom. The van der Waals surface area contributed by atoms with E-state index in [-0.39, 0.29) is 48.2 Å². The van der Waals surface area contributed by atoms with Crippen LogP contribution in [-0.4, -0.2) is 51.4 Å². The van der Waals surface area contributed by atoms with Crippen LogP contribution in [0, 0.1) is 0 Å². The van der Waals surface area contributed by atoms with Crippen molar-refractivity contribution < 1.29 is 22.7 Å². The van der Waals surface area contributed by atoms with Gasteiger partial charge in [-0.25, -0.2) is 8.42 Å². The Balaban J connectivity index is 1.50. The third-order valence-corrected chi connectivity index (χ3v) is 6.98. The Labute approximate surface area is 170 Å². The zero-order valence-electron chi connectivity index (χ0n) is 16.6. The maximum atomic E-state index is 12.4. The lowest BCUT2D eigenvalue weighted by molar-refractivity contribution is -0.123. The Morgan fingerprint density at radius 2 is 1.90 bits per heavy atom. The summed E-state index contributed by atoms with van der Waals surface area (Å²) in [5, 5.41) is 7.56. The van der Waals surface area contributed by atoms with Crippen LogP contribution in [0.2, 0.25) is 0 Å². The van der Waals surface area contributed by atoms with E-state index < -0.39 is 9.84 Å². The van der Waals surface area contributed by atoms with Crippen LogP contribution in [0.3, 0.4) is 0 Å². The fraction of sp³-hybridized carbons (Fsp3) is 0.429. The summed E-state index contributed by atoms with van der Waals surface area (Å²) in [5.41, 5.74) is 0.890. The minimum Gasteiger partial charge on any atom is -0.497 e. The Bertz CT molecular complexity index is 1020. The van der Waals surface area contributed by atoms with E-state index in [2.05, 4.69) is 10.6 Å². The monoisotopic (exact) mass is 418 g/mol. The predicted octanol–water partition coefficient (Wildman–Crippen LogP) is 1.76. The average molecular weight is 419 g/mol. The first-order valence-corrected chi connectivity index (χ1v) is 11.4. The lowest BCUT2D eigenvalue weighted by atomic mass is 9.97. The van der Waals surface area contributed by atoms with Gasteiger partial charge in [0.05, 0.1) is 24.5 Å². The molecule has 7 nitrogen and oxygen atoms in total. The summed E-state index contributed by atoms with van der Waals surface area (Å²) in [6.07, 6.45) is 0.567. The van der Waals surface area contributed by atoms with Gasteiger partial charge in [-0.1, -0.05) is 24.3 Å². The second kappa shape index (κ2) is 8.82. The SMILES string of the molecule is COc1ccc2cc([C@H](C)C(=O)NCCC(=O)N[C@H]3CCS(=O)(=O)C3)ccc2c1. The molecule has 2 atom stereocenters. The van der Waals surface area contributed by atoms with E-state index in [4.69, 9.17) is 4.74 Å². The number of carbonyl (C=O) groups is 2. The molecule has 1 saturated heterocycles. The fourth-order valence-electron chi connectivity index (χ4n) is 3.45. The van der Waals surface area contributed by atoms with Crippen LogP contribution in [0.15, 0.2) is 36.4 Å². The van der Waals surface area contributed by atoms with Gasteiger partial charge in [0, 0.05) is 19.0 Å². The van der Waals surface area contributed by atoms with Gasteiger partial charge in [-0.3, -0.25) is 9.59 Å². The molecule has 0 aliphatic carbocycles. The number of ether oxygens (including phenoxy) is 1. The van der Waals surface area contributed by atoms with Crippen LogP contribution in [0.25, 0.3) is 10.8 Å². The van der Waals surface area contributed by atoms with Gasteiger partial charge in [0.15, 0.2) is 9.84 Å². The number of fused-ring (bicyclic) bond motifs is 1. The second-order valence-corrected chi connectivity index (χ2v) is 9.63. The topological polar surface area (TPSA) is 102 Å². The van der Waals surface area contributed by atoms with E-state index in [1.54, 1.807) is 7.11 Å². The highest BCUT2D eigenvalue weighted by atomic mass is 32.2. The standard InChI is InChI=1S/C21H26N2O5S/c1-14(15-3-4-17-12-19(28-2)6-5-16(17)11-15)21(25)22-9-7-20(24)23-18-8-10-29(26,27)13-18/h3-6,11-12,14,18H,7-10,13H2,1-2H3,(H,22,25)(H,23,24)/t14-,18-/m0/s1. The first kappa shape index (κ1) is 21.1. The van der Waals surface area contributed by atoms with Crippen molar-refractivity contribution in [1.82, 2.24) is 10.6 Å². The highest BCUT2D eigenvalue weighted by molar-refractivity contribution is 7.91. The average Bonchev–Trinajstić information content (AvgIpc) is 3.04. The van der Waals surface area contributed by atoms with Crippen LogP contribution in [0.4, 0.5) is 0 Å². The van der Waals surface area contributed by atoms with Gasteiger partial charge < -0.3 is 15.4 Å². The molecule has 1 aliphatic heterocycles. The summed E-state index contributed by atoms with van der Waals surface area (Å²) in [6.45, 7) is 2.03. The van der Waals surface area contributed by atoms with Gasteiger partial charge >= 0.3 is 0 Å². The molecule has 0 radical (unpaired) electrons. The van der Waals surface area contributed by atoms with E-state index in [9.17, 15) is 18.0 Å². The van der Waals surface area contributed by atoms with Crippen molar-refractivity contribution in [2.45, 2.75) is 31.7 Å². The summed E-state index contributed by atoms with van der Waals surface area (Å²) >= 11 is 0. The number of nitrogens with one attached hydrogen (secondary N) is 2. The smallest absolute Gasteiger partial charge is 0.227 e. The van der Waals surface area contributed by atoms with Crippen molar-refractivity contribution in [2.24, 2.45) is 0 Å². The highest BCUT2D eigenvalue weighted by Gasteiger charge is 2.28. The van der Waals surface area contributed by atoms with E-state index >= 15 is 0 Å². The van der Waals surface area contributed by atoms with Gasteiger partial charge in [0.25, 0.3) is 0 Å². The van der Waals surface area contributed by atoms with Gasteiger partial charge in [0.1, 0.15) is 5.75 Å². The van der Waals surface area contributed by atoms with Crippen LogP contribution in [0.1, 0.15) is 31.2 Å². The predicted molar refractivity (Wildman–Crippen MR) is 112 cm³/mol. The normalized spacial score (nSPS) is 18.9. The molecular weight excluding hydrogens is 392 g/mol. The zero-order valence-corrected chi connectivity index (χ0v) is 17.4. The molecule has 1 fully saturated rings. The number of hydrogen-bond donors (Lipinski definition) is 2. The molecule has 156 valence electrons. The van der Waals surface area contributed by atoms with Crippen molar-refractivity contribution in [1.29, 1.82) is 0 Å². The van der Waals surface area contributed by atoms with Crippen LogP contribution >= 0.6 is 0 Å². The Hall–Kier alpha value is -2.61. The van der Waals surface area contributed by atoms with E-state index in [0.717, 1.165) is 22.1 Å². The Morgan fingerprint density at radius 3 is 2.59 bits per heavy atom. The second-order valence-electron chi connectivity index (χ2n) is 7.40. The maximum absolute atomic E-state index is 12.4. The van der Waals surface area contributed by atoms with E-state index in [1.807, 2.05) is 43.3 Å². The quantitative estimate of drug-likeness (QED) is 0.714. The largest absolute Gasteiger partial charge is 0.497 e. The molecule has 3 rings (SSSR count). The van der Waals surface area contributed by atoms with Gasteiger partial charge in [0.2, 0.25) is 11.8 Å². The molecule has 2 N–H and O–H groups in total. The summed E-state index contributed by atoms with van der Waals surface area (Å²) in [6, 6.07) is 11.3. The first-order chi connectivity index (χ1) is 13.8. The highest BCUT2D eigenvalue weighted by Crippen LogP contribution is 2.25. The number of rotatable bonds is 7. The Kier molecular flexibility index (Phi) is 6.42. The van der Waals surface area contributed by atoms with Crippen molar-refractivity contribution in [3.63, 3.8) is 0 Å². The third kappa shape index (κ3) is 5.47. The van der Waals surface area contributed by atoms with E-state index in [0.29, 0.717) is 6.42 Å². The number of sulfone groups is 1. The first-order valence-electron chi connectivity index (χ1n) is 9.62. The summed E-state index contributed by atoms with van der Waals surface area (Å²) in [5.74, 6) is 0.128. The summed E-state index contributed by atoms with van der Waals surface area (Å²) < 4.78 is 28.1. The molecule has 8 heteroatoms. The molecule has 0 aromatic heterocycles. The van der Waals surface area contributed by atoms with Gasteiger partial charge in [-0.15, -0.1) is 0 Å². The van der Waals surface area contributed by atoms with Gasteiger partial charge in [-0.2, -0.15) is 0 Å². The van der Waals surface area contributed by atoms with Crippen LogP contribution < -0.4 is 15.4 Å². The number of benzene rings is 2. The van der Waals surface area contributed by atoms with Crippen molar-refractivity contribution in [2.75, 3.05) is 25.2 Å². The zero-order chi connectivity index (χ0) is 21.0. The van der Waals surface area contributed by atoms with Crippen molar-refractivity contribution in [3.8, 4) is 5.75 Å². The number of amides is 2. The summed E-state index contributed by atoms with van der Waals surface area (Å²) in [7, 11) is -1.41. The van der Waals surface area contributed by atoms with Crippen molar-refractivity contribution in [3.05, 3.63) is 42.0 Å². The molecule has 0 saturated carbocycles. The number of methoxy groups -OCH3 is 1. The van der Waals surface area contributed by atoms with Crippen LogP contribution in [0.5, 0.6) is 5.75 Å². The van der Waals surface area contributed by atoms with E-state index in [1.165, 1.54) is 0 Å². The number of carbonyl (C=O) groups excluding carboxylic acids is 2. The number of hydrogen-bond acceptors (Lipinski definition) is 5. The summed E-state index contributed by atoms with van der Waals surface area (Å²) in [4.78, 5) is 24.4. The van der Waals surface area contributed by atoms with Crippen molar-refractivity contribution >= 4 is 32.4 Å². The molecule has 2 aromatic carbocycles. The maximum Gasteiger partial charge on any atom is 0.227 e. The molecule has 0 bridgehead atoms. The molecular formula is C21H26N2O5S. The molecule has 0 unspecified atom stereocenters. The minimum atomic E-state index is -3.03. The fourth-order valence-corrected chi connectivity index (χ4v) is 5.12. The van der Waals surface area contributed by atoms with Gasteiger partial charge in [-0.05, 0) is 41.8 Å².